The molecule has 0 aliphatic heterocycles. The fourth-order valence-corrected chi connectivity index (χ4v) is 1.51. The molecule has 0 amide bonds. The van der Waals surface area contributed by atoms with Gasteiger partial charge in [-0.25, -0.2) is 0 Å². The van der Waals surface area contributed by atoms with Gasteiger partial charge in [0.05, 0.1) is 0 Å². The Bertz CT molecular complexity index is 267. The molecular formula is C7H4BrNS. The van der Waals surface area contributed by atoms with Crippen molar-refractivity contribution in [3.05, 3.63) is 28.7 Å². The molecule has 0 unspecified atom stereocenters. The molecule has 0 fully saturated rings. The van der Waals surface area contributed by atoms with Crippen LogP contribution in [0.4, 0.5) is 0 Å². The molecule has 0 aliphatic rings. The summed E-state index contributed by atoms with van der Waals surface area (Å²) >= 11 is 4.49. The molecule has 0 spiro atoms. The van der Waals surface area contributed by atoms with E-state index in [0.717, 1.165) is 21.1 Å². The number of thioether (sulfide) groups is 1. The third-order valence-corrected chi connectivity index (χ3v) is 2.61. The molecule has 0 bridgehead atoms. The monoisotopic (exact) mass is 213 g/mol. The van der Waals surface area contributed by atoms with Crippen molar-refractivity contribution in [2.45, 2.75) is 4.90 Å². The lowest BCUT2D eigenvalue weighted by Crippen LogP contribution is -1.68. The van der Waals surface area contributed by atoms with Crippen LogP contribution in [0.15, 0.2) is 33.6 Å². The van der Waals surface area contributed by atoms with Crippen LogP contribution in [-0.2, 0) is 0 Å². The van der Waals surface area contributed by atoms with Crippen molar-refractivity contribution in [2.24, 2.45) is 0 Å². The van der Waals surface area contributed by atoms with Gasteiger partial charge in [0.25, 0.3) is 0 Å². The standard InChI is InChI=1S/C7H4BrNS/c8-6-3-1-2-4-7(6)10-5-9/h1-4H. The molecular weight excluding hydrogens is 210 g/mol. The van der Waals surface area contributed by atoms with Crippen LogP contribution in [0.1, 0.15) is 0 Å². The molecule has 1 aromatic rings. The van der Waals surface area contributed by atoms with Gasteiger partial charge in [0, 0.05) is 9.37 Å². The van der Waals surface area contributed by atoms with Gasteiger partial charge >= 0.3 is 0 Å². The van der Waals surface area contributed by atoms with Crippen molar-refractivity contribution in [1.29, 1.82) is 5.26 Å². The smallest absolute Gasteiger partial charge is 0.138 e. The summed E-state index contributed by atoms with van der Waals surface area (Å²) in [4.78, 5) is 0.963. The van der Waals surface area contributed by atoms with Gasteiger partial charge in [-0.1, -0.05) is 12.1 Å². The first-order valence-corrected chi connectivity index (χ1v) is 4.26. The van der Waals surface area contributed by atoms with Crippen molar-refractivity contribution in [3.63, 3.8) is 0 Å². The van der Waals surface area contributed by atoms with Gasteiger partial charge in [-0.2, -0.15) is 5.26 Å². The Hall–Kier alpha value is -0.460. The lowest BCUT2D eigenvalue weighted by molar-refractivity contribution is 1.41. The highest BCUT2D eigenvalue weighted by Crippen LogP contribution is 2.25. The molecule has 0 N–H and O–H groups in total. The predicted molar refractivity (Wildman–Crippen MR) is 45.6 cm³/mol. The summed E-state index contributed by atoms with van der Waals surface area (Å²) in [6, 6.07) is 7.65. The molecule has 0 aliphatic carbocycles. The van der Waals surface area contributed by atoms with Crippen LogP contribution in [0.25, 0.3) is 0 Å². The van der Waals surface area contributed by atoms with E-state index in [9.17, 15) is 0 Å². The Balaban J connectivity index is 2.94. The highest BCUT2D eigenvalue weighted by molar-refractivity contribution is 9.10. The lowest BCUT2D eigenvalue weighted by Gasteiger charge is -1.94. The quantitative estimate of drug-likeness (QED) is 0.530. The summed E-state index contributed by atoms with van der Waals surface area (Å²) in [7, 11) is 0. The maximum atomic E-state index is 8.34. The van der Waals surface area contributed by atoms with E-state index < -0.39 is 0 Å². The number of nitriles is 1. The number of benzene rings is 1. The zero-order valence-corrected chi connectivity index (χ0v) is 7.45. The van der Waals surface area contributed by atoms with E-state index in [1.165, 1.54) is 0 Å². The molecule has 10 heavy (non-hydrogen) atoms. The molecule has 50 valence electrons. The Kier molecular flexibility index (Phi) is 2.79. The molecule has 1 nitrogen and oxygen atoms in total. The van der Waals surface area contributed by atoms with Crippen molar-refractivity contribution >= 4 is 27.7 Å². The largest absolute Gasteiger partial charge is 0.185 e. The summed E-state index contributed by atoms with van der Waals surface area (Å²) in [6.45, 7) is 0. The highest BCUT2D eigenvalue weighted by Gasteiger charge is 1.95. The Morgan fingerprint density at radius 1 is 1.40 bits per heavy atom. The summed E-state index contributed by atoms with van der Waals surface area (Å²) in [5.74, 6) is 0. The van der Waals surface area contributed by atoms with Crippen molar-refractivity contribution < 1.29 is 0 Å². The number of halogens is 1. The normalized spacial score (nSPS) is 8.80. The summed E-state index contributed by atoms with van der Waals surface area (Å²) in [5, 5.41) is 10.3. The van der Waals surface area contributed by atoms with Gasteiger partial charge in [0.2, 0.25) is 0 Å². The van der Waals surface area contributed by atoms with E-state index in [1.807, 2.05) is 29.7 Å². The zero-order chi connectivity index (χ0) is 7.40. The molecule has 0 heterocycles. The topological polar surface area (TPSA) is 23.8 Å². The Morgan fingerprint density at radius 3 is 2.70 bits per heavy atom. The Morgan fingerprint density at radius 2 is 2.10 bits per heavy atom. The molecule has 0 saturated heterocycles. The first-order valence-electron chi connectivity index (χ1n) is 2.65. The highest BCUT2D eigenvalue weighted by atomic mass is 79.9. The second-order valence-electron chi connectivity index (χ2n) is 1.62. The summed E-state index contributed by atoms with van der Waals surface area (Å²) in [6.07, 6.45) is 0. The molecule has 0 aromatic heterocycles. The summed E-state index contributed by atoms with van der Waals surface area (Å²) < 4.78 is 0.974. The maximum Gasteiger partial charge on any atom is 0.138 e. The number of hydrogen-bond donors (Lipinski definition) is 0. The van der Waals surface area contributed by atoms with Crippen LogP contribution in [0.3, 0.4) is 0 Å². The van der Waals surface area contributed by atoms with Crippen molar-refractivity contribution in [1.82, 2.24) is 0 Å². The molecule has 0 atom stereocenters. The van der Waals surface area contributed by atoms with Crippen LogP contribution in [-0.4, -0.2) is 0 Å². The van der Waals surface area contributed by atoms with Gasteiger partial charge in [-0.05, 0) is 39.8 Å². The zero-order valence-electron chi connectivity index (χ0n) is 5.04. The number of nitrogens with zero attached hydrogens (tertiary/aromatic N) is 1. The van der Waals surface area contributed by atoms with E-state index in [4.69, 9.17) is 5.26 Å². The van der Waals surface area contributed by atoms with Crippen molar-refractivity contribution in [3.8, 4) is 5.40 Å². The third-order valence-electron chi connectivity index (χ3n) is 0.992. The third kappa shape index (κ3) is 1.76. The van der Waals surface area contributed by atoms with Gasteiger partial charge in [-0.15, -0.1) is 0 Å². The Labute approximate surface area is 72.2 Å². The maximum absolute atomic E-state index is 8.34. The second kappa shape index (κ2) is 3.65. The SMILES string of the molecule is N#CSc1ccccc1Br. The fraction of sp³-hybridized carbons (Fsp3) is 0. The van der Waals surface area contributed by atoms with Gasteiger partial charge < -0.3 is 0 Å². The summed E-state index contributed by atoms with van der Waals surface area (Å²) in [5.41, 5.74) is 0. The van der Waals surface area contributed by atoms with Crippen LogP contribution >= 0.6 is 27.7 Å². The van der Waals surface area contributed by atoms with E-state index >= 15 is 0 Å². The van der Waals surface area contributed by atoms with Crippen LogP contribution < -0.4 is 0 Å². The number of thiocyanates is 1. The van der Waals surface area contributed by atoms with Crippen LogP contribution in [0.5, 0.6) is 0 Å². The minimum Gasteiger partial charge on any atom is -0.185 e. The second-order valence-corrected chi connectivity index (χ2v) is 3.30. The molecule has 0 saturated carbocycles. The van der Waals surface area contributed by atoms with E-state index in [-0.39, 0.29) is 0 Å². The van der Waals surface area contributed by atoms with E-state index in [2.05, 4.69) is 15.9 Å². The van der Waals surface area contributed by atoms with E-state index in [0.29, 0.717) is 0 Å². The first kappa shape index (κ1) is 7.64. The van der Waals surface area contributed by atoms with Gasteiger partial charge in [-0.3, -0.25) is 0 Å². The molecule has 1 rings (SSSR count). The number of rotatable bonds is 1. The minimum atomic E-state index is 0.963. The van der Waals surface area contributed by atoms with Crippen molar-refractivity contribution in [2.75, 3.05) is 0 Å². The van der Waals surface area contributed by atoms with E-state index in [1.54, 1.807) is 0 Å². The number of hydrogen-bond acceptors (Lipinski definition) is 2. The molecule has 3 heteroatoms. The average molecular weight is 214 g/mol. The van der Waals surface area contributed by atoms with Crippen LogP contribution in [0, 0.1) is 10.7 Å². The molecule has 1 aromatic carbocycles. The average Bonchev–Trinajstić information content (AvgIpc) is 1.94. The van der Waals surface area contributed by atoms with Gasteiger partial charge in [0.15, 0.2) is 0 Å². The fourth-order valence-electron chi connectivity index (χ4n) is 0.577. The first-order chi connectivity index (χ1) is 4.84. The minimum absolute atomic E-state index is 0.963. The van der Waals surface area contributed by atoms with Gasteiger partial charge in [0.1, 0.15) is 5.40 Å². The molecule has 0 radical (unpaired) electrons. The lowest BCUT2D eigenvalue weighted by atomic mass is 10.4. The van der Waals surface area contributed by atoms with Crippen LogP contribution in [0.2, 0.25) is 0 Å². The predicted octanol–water partition coefficient (Wildman–Crippen LogP) is 3.02.